The Hall–Kier alpha value is -3.52. The van der Waals surface area contributed by atoms with Gasteiger partial charge in [-0.1, -0.05) is 35.9 Å². The smallest absolute Gasteiger partial charge is 0.332 e. The topological polar surface area (TPSA) is 107 Å². The molecule has 27 heavy (non-hydrogen) atoms. The molecule has 134 valence electrons. The number of hydrogen-bond acceptors (Lipinski definition) is 4. The van der Waals surface area contributed by atoms with Crippen molar-refractivity contribution in [3.63, 3.8) is 0 Å². The van der Waals surface area contributed by atoms with Gasteiger partial charge in [0.25, 0.3) is 5.91 Å². The molecule has 2 aromatic heterocycles. The van der Waals surface area contributed by atoms with E-state index < -0.39 is 17.4 Å². The van der Waals surface area contributed by atoms with Crippen molar-refractivity contribution in [1.82, 2.24) is 19.5 Å². The van der Waals surface area contributed by atoms with Crippen molar-refractivity contribution in [1.29, 1.82) is 0 Å². The number of rotatable bonds is 3. The van der Waals surface area contributed by atoms with Crippen LogP contribution in [0.4, 0.5) is 4.39 Å². The van der Waals surface area contributed by atoms with Gasteiger partial charge in [0.05, 0.1) is 10.7 Å². The molecule has 9 heteroatoms. The van der Waals surface area contributed by atoms with Gasteiger partial charge in [-0.15, -0.1) is 0 Å². The van der Waals surface area contributed by atoms with Gasteiger partial charge in [0.1, 0.15) is 11.3 Å². The number of fused-ring (bicyclic) bond motifs is 1. The summed E-state index contributed by atoms with van der Waals surface area (Å²) in [4.78, 5) is 35.4. The van der Waals surface area contributed by atoms with Gasteiger partial charge in [-0.25, -0.2) is 23.7 Å². The SMILES string of the molecule is NC(=O)c1nc(-c2ccccc2Cl)nc2c1[nH]c(=O)n2-c1ccccc1F. The number of carbonyl (C=O) groups is 1. The molecule has 2 heterocycles. The predicted molar refractivity (Wildman–Crippen MR) is 98.4 cm³/mol. The van der Waals surface area contributed by atoms with Crippen LogP contribution in [0.15, 0.2) is 53.3 Å². The summed E-state index contributed by atoms with van der Waals surface area (Å²) in [5.74, 6) is -1.40. The summed E-state index contributed by atoms with van der Waals surface area (Å²) in [5.41, 5.74) is 5.01. The van der Waals surface area contributed by atoms with Gasteiger partial charge in [0, 0.05) is 5.56 Å². The second kappa shape index (κ2) is 6.33. The van der Waals surface area contributed by atoms with Crippen LogP contribution in [0.3, 0.4) is 0 Å². The minimum atomic E-state index is -0.863. The van der Waals surface area contributed by atoms with Crippen LogP contribution in [-0.2, 0) is 0 Å². The molecule has 7 nitrogen and oxygen atoms in total. The average molecular weight is 384 g/mol. The van der Waals surface area contributed by atoms with Crippen LogP contribution in [0.2, 0.25) is 5.02 Å². The molecule has 0 unspecified atom stereocenters. The molecule has 0 spiro atoms. The Morgan fingerprint density at radius 2 is 1.81 bits per heavy atom. The molecule has 0 aliphatic carbocycles. The second-order valence-corrected chi connectivity index (χ2v) is 6.06. The first-order valence-electron chi connectivity index (χ1n) is 7.79. The lowest BCUT2D eigenvalue weighted by molar-refractivity contribution is 0.0997. The third kappa shape index (κ3) is 2.76. The molecular weight excluding hydrogens is 373 g/mol. The van der Waals surface area contributed by atoms with Gasteiger partial charge in [0.15, 0.2) is 17.2 Å². The van der Waals surface area contributed by atoms with E-state index in [4.69, 9.17) is 17.3 Å². The number of aromatic nitrogens is 4. The van der Waals surface area contributed by atoms with Gasteiger partial charge in [-0.2, -0.15) is 0 Å². The number of amides is 1. The maximum Gasteiger partial charge on any atom is 0.332 e. The first-order chi connectivity index (χ1) is 13.0. The van der Waals surface area contributed by atoms with E-state index in [1.807, 2.05) is 0 Å². The summed E-state index contributed by atoms with van der Waals surface area (Å²) in [5, 5.41) is 0.350. The van der Waals surface area contributed by atoms with E-state index in [0.29, 0.717) is 10.6 Å². The van der Waals surface area contributed by atoms with Crippen LogP contribution in [0.5, 0.6) is 0 Å². The maximum absolute atomic E-state index is 14.3. The summed E-state index contributed by atoms with van der Waals surface area (Å²) in [7, 11) is 0. The monoisotopic (exact) mass is 383 g/mol. The minimum Gasteiger partial charge on any atom is -0.364 e. The van der Waals surface area contributed by atoms with E-state index in [1.54, 1.807) is 30.3 Å². The number of nitrogens with two attached hydrogens (primary N) is 1. The Kier molecular flexibility index (Phi) is 3.97. The molecule has 0 aliphatic heterocycles. The lowest BCUT2D eigenvalue weighted by atomic mass is 10.2. The van der Waals surface area contributed by atoms with Crippen molar-refractivity contribution in [2.45, 2.75) is 0 Å². The van der Waals surface area contributed by atoms with Gasteiger partial charge >= 0.3 is 5.69 Å². The molecule has 0 aliphatic rings. The molecule has 0 atom stereocenters. The molecule has 3 N–H and O–H groups in total. The first kappa shape index (κ1) is 16.9. The molecule has 0 radical (unpaired) electrons. The summed E-state index contributed by atoms with van der Waals surface area (Å²) in [6.45, 7) is 0. The quantitative estimate of drug-likeness (QED) is 0.567. The summed E-state index contributed by atoms with van der Waals surface area (Å²) >= 11 is 6.20. The lowest BCUT2D eigenvalue weighted by Crippen LogP contribution is -2.16. The molecule has 0 fully saturated rings. The third-order valence-corrected chi connectivity index (χ3v) is 4.31. The predicted octanol–water partition coefficient (Wildman–Crippen LogP) is 2.67. The molecular formula is C18H11ClFN5O2. The Labute approximate surface area is 156 Å². The van der Waals surface area contributed by atoms with Gasteiger partial charge in [0.2, 0.25) is 0 Å². The molecule has 4 rings (SSSR count). The fourth-order valence-corrected chi connectivity index (χ4v) is 3.00. The van der Waals surface area contributed by atoms with Crippen molar-refractivity contribution in [2.24, 2.45) is 5.73 Å². The number of primary amides is 1. The van der Waals surface area contributed by atoms with Crippen molar-refractivity contribution >= 4 is 28.7 Å². The van der Waals surface area contributed by atoms with Crippen molar-refractivity contribution in [3.8, 4) is 17.1 Å². The molecule has 2 aromatic carbocycles. The number of hydrogen-bond donors (Lipinski definition) is 2. The van der Waals surface area contributed by atoms with E-state index in [-0.39, 0.29) is 28.4 Å². The minimum absolute atomic E-state index is 0.0174. The normalized spacial score (nSPS) is 11.0. The zero-order valence-corrected chi connectivity index (χ0v) is 14.4. The Morgan fingerprint density at radius 1 is 1.11 bits per heavy atom. The number of nitrogens with zero attached hydrogens (tertiary/aromatic N) is 3. The van der Waals surface area contributed by atoms with Crippen molar-refractivity contribution in [3.05, 3.63) is 75.5 Å². The molecule has 1 amide bonds. The molecule has 0 saturated heterocycles. The largest absolute Gasteiger partial charge is 0.364 e. The molecule has 0 saturated carbocycles. The number of H-pyrrole nitrogens is 1. The van der Waals surface area contributed by atoms with Gasteiger partial charge in [-0.3, -0.25) is 4.79 Å². The van der Waals surface area contributed by atoms with Crippen LogP contribution < -0.4 is 11.4 Å². The molecule has 0 bridgehead atoms. The van der Waals surface area contributed by atoms with Crippen LogP contribution in [0, 0.1) is 5.82 Å². The molecule has 4 aromatic rings. The zero-order valence-electron chi connectivity index (χ0n) is 13.6. The Balaban J connectivity index is 2.12. The number of halogens is 2. The zero-order chi connectivity index (χ0) is 19.1. The standard InChI is InChI=1S/C18H11ClFN5O2/c19-10-6-2-1-5-9(10)16-22-13(15(21)26)14-17(24-16)25(18(27)23-14)12-8-4-3-7-11(12)20/h1-8H,(H2,21,26)(H,23,27). The highest BCUT2D eigenvalue weighted by Gasteiger charge is 2.21. The van der Waals surface area contributed by atoms with Crippen LogP contribution >= 0.6 is 11.6 Å². The first-order valence-corrected chi connectivity index (χ1v) is 8.17. The van der Waals surface area contributed by atoms with Crippen molar-refractivity contribution in [2.75, 3.05) is 0 Å². The fourth-order valence-electron chi connectivity index (χ4n) is 2.78. The Bertz CT molecular complexity index is 1260. The number of benzene rings is 2. The number of para-hydroxylation sites is 1. The summed E-state index contributed by atoms with van der Waals surface area (Å²) in [6, 6.07) is 12.5. The van der Waals surface area contributed by atoms with E-state index in [1.165, 1.54) is 18.2 Å². The van der Waals surface area contributed by atoms with Crippen LogP contribution in [-0.4, -0.2) is 25.4 Å². The number of imidazole rings is 1. The van der Waals surface area contributed by atoms with Crippen LogP contribution in [0.1, 0.15) is 10.5 Å². The number of aromatic amines is 1. The average Bonchev–Trinajstić information content (AvgIpc) is 2.97. The number of nitrogens with one attached hydrogen (secondary N) is 1. The Morgan fingerprint density at radius 3 is 2.52 bits per heavy atom. The van der Waals surface area contributed by atoms with E-state index in [2.05, 4.69) is 15.0 Å². The highest BCUT2D eigenvalue weighted by Crippen LogP contribution is 2.27. The number of carbonyl (C=O) groups excluding carboxylic acids is 1. The van der Waals surface area contributed by atoms with Crippen molar-refractivity contribution < 1.29 is 9.18 Å². The maximum atomic E-state index is 14.3. The van der Waals surface area contributed by atoms with Gasteiger partial charge < -0.3 is 10.7 Å². The lowest BCUT2D eigenvalue weighted by Gasteiger charge is -2.08. The van der Waals surface area contributed by atoms with E-state index in [9.17, 15) is 14.0 Å². The van der Waals surface area contributed by atoms with E-state index >= 15 is 0 Å². The fraction of sp³-hybridized carbons (Fsp3) is 0. The van der Waals surface area contributed by atoms with Gasteiger partial charge in [-0.05, 0) is 24.3 Å². The van der Waals surface area contributed by atoms with Crippen LogP contribution in [0.25, 0.3) is 28.2 Å². The summed E-state index contributed by atoms with van der Waals surface area (Å²) < 4.78 is 15.3. The summed E-state index contributed by atoms with van der Waals surface area (Å²) in [6.07, 6.45) is 0. The highest BCUT2D eigenvalue weighted by molar-refractivity contribution is 6.33. The third-order valence-electron chi connectivity index (χ3n) is 3.98. The van der Waals surface area contributed by atoms with E-state index in [0.717, 1.165) is 4.57 Å². The second-order valence-electron chi connectivity index (χ2n) is 5.66. The highest BCUT2D eigenvalue weighted by atomic mass is 35.5.